The van der Waals surface area contributed by atoms with Crippen LogP contribution in [-0.4, -0.2) is 17.9 Å². The van der Waals surface area contributed by atoms with E-state index >= 15 is 0 Å². The highest BCUT2D eigenvalue weighted by atomic mass is 16.5. The number of hydrogen-bond donors (Lipinski definition) is 1. The van der Waals surface area contributed by atoms with E-state index in [0.29, 0.717) is 6.42 Å². The zero-order valence-electron chi connectivity index (χ0n) is 11.8. The van der Waals surface area contributed by atoms with Gasteiger partial charge in [0.2, 0.25) is 0 Å². The van der Waals surface area contributed by atoms with Crippen LogP contribution >= 0.6 is 0 Å². The van der Waals surface area contributed by atoms with Crippen LogP contribution in [0.5, 0.6) is 5.75 Å². The fourth-order valence-electron chi connectivity index (χ4n) is 3.19. The first-order chi connectivity index (χ1) is 10.3. The van der Waals surface area contributed by atoms with E-state index in [4.69, 9.17) is 4.74 Å². The maximum absolute atomic E-state index is 12.2. The van der Waals surface area contributed by atoms with Crippen LogP contribution in [0, 0.1) is 0 Å². The molecule has 1 heterocycles. The first-order valence-corrected chi connectivity index (χ1v) is 7.09. The Morgan fingerprint density at radius 1 is 1.10 bits per heavy atom. The van der Waals surface area contributed by atoms with Gasteiger partial charge in [-0.1, -0.05) is 30.3 Å². The number of rotatable bonds is 2. The van der Waals surface area contributed by atoms with Gasteiger partial charge in [-0.25, -0.2) is 0 Å². The molecule has 3 heteroatoms. The molecule has 1 N–H and O–H groups in total. The van der Waals surface area contributed by atoms with Crippen molar-refractivity contribution in [2.45, 2.75) is 12.8 Å². The lowest BCUT2D eigenvalue weighted by Crippen LogP contribution is -2.08. The van der Waals surface area contributed by atoms with Crippen LogP contribution in [0.15, 0.2) is 42.5 Å². The molecular formula is C18H15NO2. The second kappa shape index (κ2) is 4.48. The highest BCUT2D eigenvalue weighted by molar-refractivity contribution is 6.13. The van der Waals surface area contributed by atoms with Gasteiger partial charge in [-0.05, 0) is 23.6 Å². The van der Waals surface area contributed by atoms with E-state index < -0.39 is 0 Å². The van der Waals surface area contributed by atoms with Crippen molar-refractivity contribution in [3.05, 3.63) is 53.6 Å². The molecule has 0 fully saturated rings. The number of aromatic nitrogens is 1. The number of ether oxygens (including phenoxy) is 1. The van der Waals surface area contributed by atoms with E-state index in [-0.39, 0.29) is 5.78 Å². The molecule has 0 saturated heterocycles. The van der Waals surface area contributed by atoms with Crippen molar-refractivity contribution in [3.8, 4) is 17.0 Å². The predicted molar refractivity (Wildman–Crippen MR) is 82.9 cm³/mol. The molecule has 1 aliphatic carbocycles. The summed E-state index contributed by atoms with van der Waals surface area (Å²) in [4.78, 5) is 15.7. The Labute approximate surface area is 122 Å². The van der Waals surface area contributed by atoms with E-state index in [1.807, 2.05) is 30.3 Å². The molecule has 1 aromatic heterocycles. The lowest BCUT2D eigenvalue weighted by molar-refractivity contribution is 0.0981. The number of methoxy groups -OCH3 is 1. The predicted octanol–water partition coefficient (Wildman–Crippen LogP) is 3.97. The van der Waals surface area contributed by atoms with Crippen molar-refractivity contribution >= 4 is 16.7 Å². The Balaban J connectivity index is 2.06. The molecule has 0 unspecified atom stereocenters. The van der Waals surface area contributed by atoms with Gasteiger partial charge >= 0.3 is 0 Å². The van der Waals surface area contributed by atoms with Crippen LogP contribution in [0.25, 0.3) is 22.2 Å². The highest BCUT2D eigenvalue weighted by Crippen LogP contribution is 2.38. The van der Waals surface area contributed by atoms with Gasteiger partial charge in [0.25, 0.3) is 0 Å². The maximum Gasteiger partial charge on any atom is 0.164 e. The second-order valence-electron chi connectivity index (χ2n) is 5.37. The number of H-pyrrole nitrogens is 1. The van der Waals surface area contributed by atoms with Gasteiger partial charge in [-0.15, -0.1) is 0 Å². The highest BCUT2D eigenvalue weighted by Gasteiger charge is 2.25. The zero-order valence-corrected chi connectivity index (χ0v) is 11.8. The quantitative estimate of drug-likeness (QED) is 0.770. The zero-order chi connectivity index (χ0) is 14.4. The van der Waals surface area contributed by atoms with Crippen molar-refractivity contribution in [1.82, 2.24) is 4.98 Å². The fraction of sp³-hybridized carbons (Fsp3) is 0.167. The standard InChI is InChI=1S/C18H15NO2/c1-21-12-9-14-16(20)8-7-13-17(14)15(10-12)19-18(13)11-5-3-2-4-6-11/h2-6,9-10,19H,7-8H2,1H3. The van der Waals surface area contributed by atoms with Crippen LogP contribution in [0.3, 0.4) is 0 Å². The number of aryl methyl sites for hydroxylation is 1. The topological polar surface area (TPSA) is 42.1 Å². The lowest BCUT2D eigenvalue weighted by Gasteiger charge is -2.13. The summed E-state index contributed by atoms with van der Waals surface area (Å²) in [7, 11) is 1.63. The summed E-state index contributed by atoms with van der Waals surface area (Å²) in [5.74, 6) is 0.921. The summed E-state index contributed by atoms with van der Waals surface area (Å²) < 4.78 is 5.32. The number of carbonyl (C=O) groups is 1. The molecule has 0 saturated carbocycles. The number of nitrogens with one attached hydrogen (secondary N) is 1. The number of benzene rings is 2. The average molecular weight is 277 g/mol. The Morgan fingerprint density at radius 2 is 1.90 bits per heavy atom. The number of aromatic amines is 1. The van der Waals surface area contributed by atoms with Gasteiger partial charge in [0, 0.05) is 29.1 Å². The normalized spacial score (nSPS) is 13.7. The first kappa shape index (κ1) is 12.2. The Hall–Kier alpha value is -2.55. The lowest BCUT2D eigenvalue weighted by atomic mass is 9.89. The summed E-state index contributed by atoms with van der Waals surface area (Å²) in [5.41, 5.74) is 5.28. The maximum atomic E-state index is 12.2. The molecule has 3 nitrogen and oxygen atoms in total. The first-order valence-electron chi connectivity index (χ1n) is 7.09. The van der Waals surface area contributed by atoms with Gasteiger partial charge < -0.3 is 9.72 Å². The summed E-state index contributed by atoms with van der Waals surface area (Å²) in [6.45, 7) is 0. The van der Waals surface area contributed by atoms with Crippen molar-refractivity contribution in [2.75, 3.05) is 7.11 Å². The third-order valence-corrected chi connectivity index (χ3v) is 4.18. The largest absolute Gasteiger partial charge is 0.497 e. The van der Waals surface area contributed by atoms with E-state index in [0.717, 1.165) is 39.9 Å². The number of Topliss-reactive ketones (excluding diaryl/α,β-unsaturated/α-hetero) is 1. The van der Waals surface area contributed by atoms with Gasteiger partial charge in [-0.2, -0.15) is 0 Å². The summed E-state index contributed by atoms with van der Waals surface area (Å²) in [5, 5.41) is 1.06. The molecule has 0 spiro atoms. The molecule has 1 aliphatic rings. The second-order valence-corrected chi connectivity index (χ2v) is 5.37. The number of hydrogen-bond acceptors (Lipinski definition) is 2. The van der Waals surface area contributed by atoms with Crippen LogP contribution in [0.4, 0.5) is 0 Å². The molecule has 2 aromatic carbocycles. The van der Waals surface area contributed by atoms with Crippen LogP contribution in [-0.2, 0) is 6.42 Å². The Kier molecular flexibility index (Phi) is 2.61. The van der Waals surface area contributed by atoms with Crippen molar-refractivity contribution < 1.29 is 9.53 Å². The minimum Gasteiger partial charge on any atom is -0.497 e. The molecule has 3 aromatic rings. The number of carbonyl (C=O) groups excluding carboxylic acids is 1. The van der Waals surface area contributed by atoms with Gasteiger partial charge in [0.05, 0.1) is 12.6 Å². The molecule has 0 amide bonds. The smallest absolute Gasteiger partial charge is 0.164 e. The monoisotopic (exact) mass is 277 g/mol. The molecule has 104 valence electrons. The van der Waals surface area contributed by atoms with Crippen molar-refractivity contribution in [3.63, 3.8) is 0 Å². The minimum atomic E-state index is 0.199. The van der Waals surface area contributed by atoms with Crippen molar-refractivity contribution in [1.29, 1.82) is 0 Å². The molecule has 21 heavy (non-hydrogen) atoms. The van der Waals surface area contributed by atoms with Crippen molar-refractivity contribution in [2.24, 2.45) is 0 Å². The minimum absolute atomic E-state index is 0.199. The third-order valence-electron chi connectivity index (χ3n) is 4.18. The average Bonchev–Trinajstić information content (AvgIpc) is 2.91. The Bertz CT molecular complexity index is 847. The van der Waals surface area contributed by atoms with Crippen LogP contribution < -0.4 is 4.74 Å². The van der Waals surface area contributed by atoms with Crippen LogP contribution in [0.1, 0.15) is 22.3 Å². The summed E-state index contributed by atoms with van der Waals surface area (Å²) in [6, 6.07) is 14.1. The third kappa shape index (κ3) is 1.77. The molecule has 0 bridgehead atoms. The summed E-state index contributed by atoms with van der Waals surface area (Å²) >= 11 is 0. The van der Waals surface area contributed by atoms with Gasteiger partial charge in [0.15, 0.2) is 5.78 Å². The van der Waals surface area contributed by atoms with E-state index in [9.17, 15) is 4.79 Å². The molecule has 0 aliphatic heterocycles. The van der Waals surface area contributed by atoms with E-state index in [1.165, 1.54) is 5.56 Å². The fourth-order valence-corrected chi connectivity index (χ4v) is 3.19. The van der Waals surface area contributed by atoms with E-state index in [2.05, 4.69) is 17.1 Å². The molecule has 0 radical (unpaired) electrons. The van der Waals surface area contributed by atoms with Gasteiger partial charge in [0.1, 0.15) is 5.75 Å². The number of ketones is 1. The van der Waals surface area contributed by atoms with E-state index in [1.54, 1.807) is 7.11 Å². The molecular weight excluding hydrogens is 262 g/mol. The Morgan fingerprint density at radius 3 is 2.67 bits per heavy atom. The van der Waals surface area contributed by atoms with Crippen LogP contribution in [0.2, 0.25) is 0 Å². The van der Waals surface area contributed by atoms with Gasteiger partial charge in [-0.3, -0.25) is 4.79 Å². The summed E-state index contributed by atoms with van der Waals surface area (Å²) in [6.07, 6.45) is 1.36. The molecule has 0 atom stereocenters. The SMILES string of the molecule is COc1cc2c3c(c(-c4ccccc4)[nH]c3c1)CCC2=O. The molecule has 4 rings (SSSR count).